The van der Waals surface area contributed by atoms with Crippen LogP contribution in [0.1, 0.15) is 46.4 Å². The van der Waals surface area contributed by atoms with Crippen LogP contribution >= 0.6 is 0 Å². The van der Waals surface area contributed by atoms with Gasteiger partial charge in [-0.25, -0.2) is 0 Å². The molecule has 4 heteroatoms. The van der Waals surface area contributed by atoms with Gasteiger partial charge in [0.15, 0.2) is 0 Å². The lowest BCUT2D eigenvalue weighted by atomic mass is 9.72. The van der Waals surface area contributed by atoms with Crippen molar-refractivity contribution < 1.29 is 9.84 Å². The van der Waals surface area contributed by atoms with Gasteiger partial charge in [0.2, 0.25) is 0 Å². The van der Waals surface area contributed by atoms with E-state index in [-0.39, 0.29) is 0 Å². The summed E-state index contributed by atoms with van der Waals surface area (Å²) in [6.07, 6.45) is -0.647. The number of anilines is 2. The third kappa shape index (κ3) is 3.43. The van der Waals surface area contributed by atoms with Crippen molar-refractivity contribution in [2.75, 3.05) is 11.1 Å². The summed E-state index contributed by atoms with van der Waals surface area (Å²) in [4.78, 5) is 0. The van der Waals surface area contributed by atoms with Crippen LogP contribution in [0.25, 0.3) is 0 Å². The van der Waals surface area contributed by atoms with E-state index in [4.69, 9.17) is 10.5 Å². The van der Waals surface area contributed by atoms with E-state index < -0.39 is 11.6 Å². The minimum atomic E-state index is -0.802. The molecule has 0 spiro atoms. The molecule has 2 unspecified atom stereocenters. The van der Waals surface area contributed by atoms with Crippen LogP contribution in [0, 0.1) is 13.8 Å². The van der Waals surface area contributed by atoms with E-state index in [0.717, 1.165) is 44.8 Å². The highest BCUT2D eigenvalue weighted by atomic mass is 16.5. The van der Waals surface area contributed by atoms with Crippen LogP contribution in [0.3, 0.4) is 0 Å². The van der Waals surface area contributed by atoms with Crippen LogP contribution in [0.5, 0.6) is 11.5 Å². The van der Waals surface area contributed by atoms with E-state index in [9.17, 15) is 5.11 Å². The first-order valence-electron chi connectivity index (χ1n) is 11.2. The third-order valence-electron chi connectivity index (χ3n) is 6.45. The predicted octanol–water partition coefficient (Wildman–Crippen LogP) is 6.45. The molecule has 0 amide bonds. The lowest BCUT2D eigenvalue weighted by Crippen LogP contribution is -2.41. The maximum Gasteiger partial charge on any atom is 0.135 e. The van der Waals surface area contributed by atoms with Crippen LogP contribution in [0.15, 0.2) is 84.9 Å². The van der Waals surface area contributed by atoms with Gasteiger partial charge < -0.3 is 20.9 Å². The van der Waals surface area contributed by atoms with Crippen molar-refractivity contribution in [1.82, 2.24) is 0 Å². The molecule has 0 aliphatic carbocycles. The zero-order valence-corrected chi connectivity index (χ0v) is 19.1. The van der Waals surface area contributed by atoms with Crippen LogP contribution in [0.2, 0.25) is 0 Å². The molecule has 1 heterocycles. The van der Waals surface area contributed by atoms with Crippen molar-refractivity contribution >= 4 is 11.4 Å². The molecule has 0 fully saturated rings. The molecule has 2 atom stereocenters. The van der Waals surface area contributed by atoms with Gasteiger partial charge in [-0.1, -0.05) is 60.7 Å². The summed E-state index contributed by atoms with van der Waals surface area (Å²) in [7, 11) is 0. The predicted molar refractivity (Wildman–Crippen MR) is 134 cm³/mol. The summed E-state index contributed by atoms with van der Waals surface area (Å²) in [5.41, 5.74) is 13.0. The number of aryl methyl sites for hydroxylation is 2. The minimum Gasteiger partial charge on any atom is -0.456 e. The third-order valence-corrected chi connectivity index (χ3v) is 6.45. The Kier molecular flexibility index (Phi) is 5.10. The molecule has 5 rings (SSSR count). The zero-order valence-electron chi connectivity index (χ0n) is 19.1. The Hall–Kier alpha value is -3.76. The van der Waals surface area contributed by atoms with Crippen LogP contribution < -0.4 is 15.8 Å². The fraction of sp³-hybridized carbons (Fsp3) is 0.172. The second kappa shape index (κ2) is 7.98. The van der Waals surface area contributed by atoms with E-state index >= 15 is 0 Å². The SMILES string of the molecule is Cc1ccc2c(c1)Oc1cc(N)ccc1C2(Nc1ccccc1C)c1ccccc1C(C)O. The second-order valence-electron chi connectivity index (χ2n) is 8.81. The number of fused-ring (bicyclic) bond motifs is 2. The van der Waals surface area contributed by atoms with Crippen LogP contribution in [-0.2, 0) is 5.54 Å². The molecule has 4 N–H and O–H groups in total. The Labute approximate surface area is 194 Å². The van der Waals surface area contributed by atoms with Gasteiger partial charge in [0.1, 0.15) is 17.0 Å². The molecule has 0 bridgehead atoms. The van der Waals surface area contributed by atoms with Crippen molar-refractivity contribution in [3.63, 3.8) is 0 Å². The van der Waals surface area contributed by atoms with Gasteiger partial charge in [0.05, 0.1) is 6.10 Å². The minimum absolute atomic E-state index is 0.637. The Balaban J connectivity index is 1.92. The smallest absolute Gasteiger partial charge is 0.135 e. The standard InChI is InChI=1S/C29H28N2O2/c1-18-12-14-24-27(16-18)33-28-17-21(30)13-15-25(28)29(24,31-26-11-7-4-8-19(26)2)23-10-6-5-9-22(23)20(3)32/h4-17,20,31-32H,30H2,1-3H3. The topological polar surface area (TPSA) is 67.5 Å². The Morgan fingerprint density at radius 2 is 1.48 bits per heavy atom. The van der Waals surface area contributed by atoms with Gasteiger partial charge in [-0.2, -0.15) is 0 Å². The maximum atomic E-state index is 10.8. The van der Waals surface area contributed by atoms with Gasteiger partial charge >= 0.3 is 0 Å². The number of ether oxygens (including phenoxy) is 1. The Morgan fingerprint density at radius 3 is 2.24 bits per heavy atom. The fourth-order valence-electron chi connectivity index (χ4n) is 4.83. The number of hydrogen-bond donors (Lipinski definition) is 3. The van der Waals surface area contributed by atoms with E-state index in [1.54, 1.807) is 6.92 Å². The lowest BCUT2D eigenvalue weighted by molar-refractivity contribution is 0.197. The average Bonchev–Trinajstić information content (AvgIpc) is 2.79. The number of aliphatic hydroxyl groups excluding tert-OH is 1. The summed E-state index contributed by atoms with van der Waals surface area (Å²) in [5, 5.41) is 14.7. The molecule has 0 radical (unpaired) electrons. The monoisotopic (exact) mass is 436 g/mol. The quantitative estimate of drug-likeness (QED) is 0.322. The fourth-order valence-corrected chi connectivity index (χ4v) is 4.83. The second-order valence-corrected chi connectivity index (χ2v) is 8.81. The molecule has 4 aromatic rings. The molecule has 33 heavy (non-hydrogen) atoms. The summed E-state index contributed by atoms with van der Waals surface area (Å²) in [5.74, 6) is 1.48. The van der Waals surface area contributed by atoms with Gasteiger partial charge in [-0.05, 0) is 61.2 Å². The number of nitrogens with two attached hydrogens (primary N) is 1. The molecule has 1 aliphatic rings. The first-order valence-corrected chi connectivity index (χ1v) is 11.2. The summed E-state index contributed by atoms with van der Waals surface area (Å²) in [6, 6.07) is 28.4. The zero-order chi connectivity index (χ0) is 23.2. The first-order chi connectivity index (χ1) is 15.9. The number of aliphatic hydroxyl groups is 1. The summed E-state index contributed by atoms with van der Waals surface area (Å²) in [6.45, 7) is 5.95. The molecule has 1 aliphatic heterocycles. The highest BCUT2D eigenvalue weighted by molar-refractivity contribution is 5.72. The van der Waals surface area contributed by atoms with Gasteiger partial charge in [0.25, 0.3) is 0 Å². The molecule has 0 saturated heterocycles. The van der Waals surface area contributed by atoms with Crippen LogP contribution in [0.4, 0.5) is 11.4 Å². The van der Waals surface area contributed by atoms with Crippen molar-refractivity contribution in [3.8, 4) is 11.5 Å². The lowest BCUT2D eigenvalue weighted by Gasteiger charge is -2.43. The number of nitrogen functional groups attached to an aromatic ring is 1. The maximum absolute atomic E-state index is 10.8. The van der Waals surface area contributed by atoms with Crippen molar-refractivity contribution in [2.24, 2.45) is 0 Å². The molecule has 4 aromatic carbocycles. The van der Waals surface area contributed by atoms with Gasteiger partial charge in [-0.3, -0.25) is 0 Å². The van der Waals surface area contributed by atoms with Crippen molar-refractivity contribution in [3.05, 3.63) is 118 Å². The van der Waals surface area contributed by atoms with Gasteiger partial charge in [-0.15, -0.1) is 0 Å². The summed E-state index contributed by atoms with van der Waals surface area (Å²) < 4.78 is 6.40. The number of benzene rings is 4. The van der Waals surface area contributed by atoms with Crippen molar-refractivity contribution in [1.29, 1.82) is 0 Å². The molecule has 4 nitrogen and oxygen atoms in total. The Bertz CT molecular complexity index is 1290. The normalized spacial score (nSPS) is 17.5. The van der Waals surface area contributed by atoms with E-state index in [2.05, 4.69) is 55.6 Å². The highest BCUT2D eigenvalue weighted by Gasteiger charge is 2.45. The largest absolute Gasteiger partial charge is 0.456 e. The average molecular weight is 437 g/mol. The summed E-state index contributed by atoms with van der Waals surface area (Å²) >= 11 is 0. The number of para-hydroxylation sites is 1. The first kappa shape index (κ1) is 21.1. The highest BCUT2D eigenvalue weighted by Crippen LogP contribution is 2.53. The molecular formula is C29H28N2O2. The number of rotatable bonds is 4. The molecule has 0 aromatic heterocycles. The van der Waals surface area contributed by atoms with Crippen molar-refractivity contribution in [2.45, 2.75) is 32.4 Å². The van der Waals surface area contributed by atoms with Crippen LogP contribution in [-0.4, -0.2) is 5.11 Å². The molecule has 0 saturated carbocycles. The number of nitrogens with one attached hydrogen (secondary N) is 1. The van der Waals surface area contributed by atoms with E-state index in [1.165, 1.54) is 0 Å². The van der Waals surface area contributed by atoms with Gasteiger partial charge in [0, 0.05) is 28.6 Å². The Morgan fingerprint density at radius 1 is 0.818 bits per heavy atom. The molecular weight excluding hydrogens is 408 g/mol. The van der Waals surface area contributed by atoms with E-state index in [1.807, 2.05) is 48.5 Å². The van der Waals surface area contributed by atoms with E-state index in [0.29, 0.717) is 11.4 Å². The number of hydrogen-bond acceptors (Lipinski definition) is 4. The molecule has 166 valence electrons.